The zero-order chi connectivity index (χ0) is 11.8. The number of ether oxygens (including phenoxy) is 1. The van der Waals surface area contributed by atoms with E-state index in [1.165, 1.54) is 4.90 Å². The maximum absolute atomic E-state index is 11.4. The molecule has 1 amide bonds. The third-order valence-corrected chi connectivity index (χ3v) is 2.17. The first kappa shape index (κ1) is 12.5. The van der Waals surface area contributed by atoms with Crippen LogP contribution in [0, 0.1) is 0 Å². The standard InChI is InChI=1S/C12H17NO3/c1-13(8-5-9-14)12(15)16-10-11-6-3-2-4-7-11/h2-4,6-7,14H,5,8-10H2,1H3. The molecule has 1 N–H and O–H groups in total. The van der Waals surface area contributed by atoms with E-state index < -0.39 is 0 Å². The van der Waals surface area contributed by atoms with Crippen molar-refractivity contribution in [3.8, 4) is 0 Å². The van der Waals surface area contributed by atoms with Gasteiger partial charge < -0.3 is 14.7 Å². The first-order chi connectivity index (χ1) is 7.74. The van der Waals surface area contributed by atoms with Crippen LogP contribution in [-0.4, -0.2) is 36.3 Å². The minimum absolute atomic E-state index is 0.0797. The molecule has 0 unspecified atom stereocenters. The largest absolute Gasteiger partial charge is 0.445 e. The Morgan fingerprint density at radius 1 is 1.38 bits per heavy atom. The normalized spacial score (nSPS) is 9.88. The average molecular weight is 223 g/mol. The fraction of sp³-hybridized carbons (Fsp3) is 0.417. The molecule has 4 nitrogen and oxygen atoms in total. The first-order valence-corrected chi connectivity index (χ1v) is 5.26. The van der Waals surface area contributed by atoms with Gasteiger partial charge in [-0.3, -0.25) is 0 Å². The van der Waals surface area contributed by atoms with E-state index in [1.54, 1.807) is 7.05 Å². The summed E-state index contributed by atoms with van der Waals surface area (Å²) in [6.07, 6.45) is 0.203. The van der Waals surface area contributed by atoms with Crippen LogP contribution in [-0.2, 0) is 11.3 Å². The van der Waals surface area contributed by atoms with E-state index >= 15 is 0 Å². The van der Waals surface area contributed by atoms with Crippen molar-refractivity contribution in [3.05, 3.63) is 35.9 Å². The number of carbonyl (C=O) groups is 1. The first-order valence-electron chi connectivity index (χ1n) is 5.26. The highest BCUT2D eigenvalue weighted by atomic mass is 16.6. The van der Waals surface area contributed by atoms with Crippen molar-refractivity contribution in [2.24, 2.45) is 0 Å². The fourth-order valence-corrected chi connectivity index (χ4v) is 1.23. The number of amides is 1. The second-order valence-corrected chi connectivity index (χ2v) is 3.54. The number of aliphatic hydroxyl groups excluding tert-OH is 1. The van der Waals surface area contributed by atoms with Crippen molar-refractivity contribution in [2.45, 2.75) is 13.0 Å². The molecule has 0 aliphatic rings. The molecule has 0 atom stereocenters. The zero-order valence-corrected chi connectivity index (χ0v) is 9.43. The molecule has 0 aliphatic heterocycles. The molecule has 0 radical (unpaired) electrons. The van der Waals surface area contributed by atoms with Crippen molar-refractivity contribution < 1.29 is 14.6 Å². The molecule has 0 aliphatic carbocycles. The average Bonchev–Trinajstić information content (AvgIpc) is 2.34. The molecule has 1 aromatic rings. The van der Waals surface area contributed by atoms with E-state index in [4.69, 9.17) is 9.84 Å². The van der Waals surface area contributed by atoms with Gasteiger partial charge >= 0.3 is 6.09 Å². The van der Waals surface area contributed by atoms with Crippen LogP contribution in [0.5, 0.6) is 0 Å². The summed E-state index contributed by atoms with van der Waals surface area (Å²) in [5, 5.41) is 8.63. The Kier molecular flexibility index (Phi) is 5.36. The molecule has 4 heteroatoms. The van der Waals surface area contributed by atoms with Gasteiger partial charge in [0.1, 0.15) is 6.61 Å². The number of rotatable bonds is 5. The van der Waals surface area contributed by atoms with E-state index in [-0.39, 0.29) is 19.3 Å². The van der Waals surface area contributed by atoms with Gasteiger partial charge in [0.2, 0.25) is 0 Å². The van der Waals surface area contributed by atoms with Gasteiger partial charge in [0.15, 0.2) is 0 Å². The van der Waals surface area contributed by atoms with Crippen LogP contribution >= 0.6 is 0 Å². The topological polar surface area (TPSA) is 49.8 Å². The zero-order valence-electron chi connectivity index (χ0n) is 9.43. The van der Waals surface area contributed by atoms with Crippen LogP contribution < -0.4 is 0 Å². The Hall–Kier alpha value is -1.55. The van der Waals surface area contributed by atoms with Crippen molar-refractivity contribution in [2.75, 3.05) is 20.2 Å². The highest BCUT2D eigenvalue weighted by molar-refractivity contribution is 5.67. The number of aliphatic hydroxyl groups is 1. The van der Waals surface area contributed by atoms with E-state index in [0.717, 1.165) is 5.56 Å². The minimum atomic E-state index is -0.364. The molecule has 0 bridgehead atoms. The van der Waals surface area contributed by atoms with E-state index in [2.05, 4.69) is 0 Å². The summed E-state index contributed by atoms with van der Waals surface area (Å²) in [5.74, 6) is 0. The Bertz CT molecular complexity index is 313. The van der Waals surface area contributed by atoms with Crippen LogP contribution in [0.15, 0.2) is 30.3 Å². The van der Waals surface area contributed by atoms with Crippen molar-refractivity contribution >= 4 is 6.09 Å². The van der Waals surface area contributed by atoms with Crippen LogP contribution in [0.2, 0.25) is 0 Å². The molecule has 16 heavy (non-hydrogen) atoms. The predicted molar refractivity (Wildman–Crippen MR) is 61.0 cm³/mol. The predicted octanol–water partition coefficient (Wildman–Crippen LogP) is 1.64. The van der Waals surface area contributed by atoms with Crippen molar-refractivity contribution in [1.82, 2.24) is 4.90 Å². The molecule has 0 saturated heterocycles. The van der Waals surface area contributed by atoms with Gasteiger partial charge in [-0.2, -0.15) is 0 Å². The SMILES string of the molecule is CN(CCCO)C(=O)OCc1ccccc1. The highest BCUT2D eigenvalue weighted by Crippen LogP contribution is 2.02. The van der Waals surface area contributed by atoms with Gasteiger partial charge in [-0.15, -0.1) is 0 Å². The lowest BCUT2D eigenvalue weighted by Crippen LogP contribution is -2.28. The molecular weight excluding hydrogens is 206 g/mol. The highest BCUT2D eigenvalue weighted by Gasteiger charge is 2.08. The Labute approximate surface area is 95.5 Å². The minimum Gasteiger partial charge on any atom is -0.445 e. The third kappa shape index (κ3) is 4.31. The molecule has 1 rings (SSSR count). The summed E-state index contributed by atoms with van der Waals surface area (Å²) >= 11 is 0. The van der Waals surface area contributed by atoms with Crippen LogP contribution in [0.1, 0.15) is 12.0 Å². The van der Waals surface area contributed by atoms with Gasteiger partial charge in [-0.1, -0.05) is 30.3 Å². The van der Waals surface area contributed by atoms with Crippen LogP contribution in [0.4, 0.5) is 4.79 Å². The lowest BCUT2D eigenvalue weighted by molar-refractivity contribution is 0.102. The third-order valence-electron chi connectivity index (χ3n) is 2.17. The number of nitrogens with zero attached hydrogens (tertiary/aromatic N) is 1. The van der Waals surface area contributed by atoms with Gasteiger partial charge in [0.05, 0.1) is 0 Å². The Morgan fingerprint density at radius 3 is 2.69 bits per heavy atom. The molecule has 88 valence electrons. The molecular formula is C12H17NO3. The maximum atomic E-state index is 11.4. The fourth-order valence-electron chi connectivity index (χ4n) is 1.23. The molecule has 0 saturated carbocycles. The van der Waals surface area contributed by atoms with Crippen LogP contribution in [0.3, 0.4) is 0 Å². The second-order valence-electron chi connectivity index (χ2n) is 3.54. The summed E-state index contributed by atoms with van der Waals surface area (Å²) < 4.78 is 5.09. The molecule has 0 aromatic heterocycles. The van der Waals surface area contributed by atoms with Crippen molar-refractivity contribution in [3.63, 3.8) is 0 Å². The summed E-state index contributed by atoms with van der Waals surface area (Å²) in [4.78, 5) is 12.9. The molecule has 1 aromatic carbocycles. The number of carbonyl (C=O) groups excluding carboxylic acids is 1. The summed E-state index contributed by atoms with van der Waals surface area (Å²) in [6.45, 7) is 0.865. The smallest absolute Gasteiger partial charge is 0.409 e. The van der Waals surface area contributed by atoms with Crippen LogP contribution in [0.25, 0.3) is 0 Å². The number of hydrogen-bond donors (Lipinski definition) is 1. The van der Waals surface area contributed by atoms with E-state index in [1.807, 2.05) is 30.3 Å². The lowest BCUT2D eigenvalue weighted by atomic mass is 10.2. The van der Waals surface area contributed by atoms with Gasteiger partial charge in [0.25, 0.3) is 0 Å². The molecule has 0 fully saturated rings. The van der Waals surface area contributed by atoms with Gasteiger partial charge in [0, 0.05) is 20.2 Å². The number of benzene rings is 1. The van der Waals surface area contributed by atoms with Gasteiger partial charge in [-0.05, 0) is 12.0 Å². The Balaban J connectivity index is 2.29. The summed E-state index contributed by atoms with van der Waals surface area (Å²) in [7, 11) is 1.66. The Morgan fingerprint density at radius 2 is 2.06 bits per heavy atom. The molecule has 0 heterocycles. The van der Waals surface area contributed by atoms with E-state index in [9.17, 15) is 4.79 Å². The van der Waals surface area contributed by atoms with Gasteiger partial charge in [-0.25, -0.2) is 4.79 Å². The second kappa shape index (κ2) is 6.85. The quantitative estimate of drug-likeness (QED) is 0.825. The summed E-state index contributed by atoms with van der Waals surface area (Å²) in [6, 6.07) is 9.53. The maximum Gasteiger partial charge on any atom is 0.409 e. The number of hydrogen-bond acceptors (Lipinski definition) is 3. The van der Waals surface area contributed by atoms with E-state index in [0.29, 0.717) is 13.0 Å². The lowest BCUT2D eigenvalue weighted by Gasteiger charge is -2.16. The molecule has 0 spiro atoms. The summed E-state index contributed by atoms with van der Waals surface area (Å²) in [5.41, 5.74) is 0.964. The van der Waals surface area contributed by atoms with Crippen molar-refractivity contribution in [1.29, 1.82) is 0 Å². The monoisotopic (exact) mass is 223 g/mol.